The largest absolute Gasteiger partial charge is 0.453 e. The van der Waals surface area contributed by atoms with Gasteiger partial charge in [-0.15, -0.1) is 0 Å². The summed E-state index contributed by atoms with van der Waals surface area (Å²) < 4.78 is 37.8. The third-order valence-corrected chi connectivity index (χ3v) is 7.62. The topological polar surface area (TPSA) is 72.5 Å². The highest BCUT2D eigenvalue weighted by Gasteiger charge is 2.62. The summed E-state index contributed by atoms with van der Waals surface area (Å²) in [4.78, 5) is 13.0. The summed E-state index contributed by atoms with van der Waals surface area (Å²) in [6.07, 6.45) is 7.80. The number of esters is 1. The van der Waals surface area contributed by atoms with E-state index in [4.69, 9.17) is 28.4 Å². The van der Waals surface area contributed by atoms with Crippen LogP contribution in [-0.4, -0.2) is 54.9 Å². The van der Waals surface area contributed by atoms with E-state index < -0.39 is 36.2 Å². The molecule has 2 saturated carbocycles. The Morgan fingerprint density at radius 1 is 0.812 bits per heavy atom. The molecule has 7 nitrogen and oxygen atoms in total. The summed E-state index contributed by atoms with van der Waals surface area (Å²) in [6.45, 7) is 0.425. The Kier molecular flexibility index (Phi) is 5.50. The second-order valence-electron chi connectivity index (χ2n) is 9.82. The lowest BCUT2D eigenvalue weighted by Crippen LogP contribution is -2.46. The molecule has 6 rings (SSSR count). The van der Waals surface area contributed by atoms with E-state index in [0.29, 0.717) is 12.2 Å². The molecule has 2 aliphatic carbocycles. The Bertz CT molecular complexity index is 815. The molecular weight excluding hydrogens is 412 g/mol. The van der Waals surface area contributed by atoms with Crippen LogP contribution in [0.4, 0.5) is 0 Å². The highest BCUT2D eigenvalue weighted by molar-refractivity contribution is 5.89. The number of hydrogen-bond donors (Lipinski definition) is 0. The van der Waals surface area contributed by atoms with Crippen LogP contribution in [0.1, 0.15) is 74.6 Å². The molecule has 0 N–H and O–H groups in total. The first-order chi connectivity index (χ1) is 15.7. The van der Waals surface area contributed by atoms with E-state index >= 15 is 0 Å². The van der Waals surface area contributed by atoms with Crippen LogP contribution in [0.15, 0.2) is 30.3 Å². The van der Waals surface area contributed by atoms with E-state index in [1.165, 1.54) is 12.8 Å². The number of carbonyl (C=O) groups excluding carboxylic acids is 1. The third kappa shape index (κ3) is 3.78. The molecule has 3 saturated heterocycles. The summed E-state index contributed by atoms with van der Waals surface area (Å²) >= 11 is 0. The van der Waals surface area contributed by atoms with Crippen LogP contribution >= 0.6 is 0 Å². The Hall–Kier alpha value is -1.51. The monoisotopic (exact) mass is 444 g/mol. The highest BCUT2D eigenvalue weighted by atomic mass is 16.9. The molecule has 32 heavy (non-hydrogen) atoms. The number of hydrogen-bond acceptors (Lipinski definition) is 7. The number of ether oxygens (including phenoxy) is 6. The van der Waals surface area contributed by atoms with Gasteiger partial charge in [0.15, 0.2) is 30.1 Å². The molecule has 0 amide bonds. The van der Waals surface area contributed by atoms with Crippen molar-refractivity contribution >= 4 is 5.97 Å². The average molecular weight is 445 g/mol. The van der Waals surface area contributed by atoms with Gasteiger partial charge in [0.1, 0.15) is 12.2 Å². The van der Waals surface area contributed by atoms with Crippen LogP contribution in [0, 0.1) is 0 Å². The average Bonchev–Trinajstić information content (AvgIpc) is 3.48. The van der Waals surface area contributed by atoms with Crippen molar-refractivity contribution in [3.05, 3.63) is 35.9 Å². The van der Waals surface area contributed by atoms with Crippen LogP contribution in [0.5, 0.6) is 0 Å². The normalized spacial score (nSPS) is 37.6. The minimum Gasteiger partial charge on any atom is -0.453 e. The zero-order chi connectivity index (χ0) is 21.6. The SMILES string of the molecule is O=C(O[C@@H]1[C@H]2OC3(CCCCC3)O[C@@H]2O[C@@H]1[C@@H]1COC2(CCCCC2)O1)c1ccccc1. The van der Waals surface area contributed by atoms with Crippen molar-refractivity contribution in [3.8, 4) is 0 Å². The predicted octanol–water partition coefficient (Wildman–Crippen LogP) is 4.09. The summed E-state index contributed by atoms with van der Waals surface area (Å²) in [5.74, 6) is -1.53. The number of rotatable bonds is 3. The second kappa shape index (κ2) is 8.37. The molecule has 3 heterocycles. The lowest BCUT2D eigenvalue weighted by Gasteiger charge is -2.35. The molecule has 5 fully saturated rings. The van der Waals surface area contributed by atoms with Crippen molar-refractivity contribution < 1.29 is 33.2 Å². The van der Waals surface area contributed by atoms with Gasteiger partial charge in [0.25, 0.3) is 0 Å². The first-order valence-electron chi connectivity index (χ1n) is 12.2. The quantitative estimate of drug-likeness (QED) is 0.650. The van der Waals surface area contributed by atoms with Crippen molar-refractivity contribution in [2.45, 2.75) is 106 Å². The van der Waals surface area contributed by atoms with Gasteiger partial charge in [-0.25, -0.2) is 4.79 Å². The van der Waals surface area contributed by atoms with Crippen LogP contribution in [0.3, 0.4) is 0 Å². The van der Waals surface area contributed by atoms with Crippen molar-refractivity contribution in [2.75, 3.05) is 6.61 Å². The van der Waals surface area contributed by atoms with E-state index in [9.17, 15) is 4.79 Å². The molecule has 2 spiro atoms. The van der Waals surface area contributed by atoms with Crippen molar-refractivity contribution in [1.29, 1.82) is 0 Å². The van der Waals surface area contributed by atoms with Gasteiger partial charge < -0.3 is 28.4 Å². The van der Waals surface area contributed by atoms with Crippen LogP contribution in [0.2, 0.25) is 0 Å². The molecule has 0 unspecified atom stereocenters. The first kappa shape index (κ1) is 21.1. The summed E-state index contributed by atoms with van der Waals surface area (Å²) in [6, 6.07) is 9.04. The van der Waals surface area contributed by atoms with Crippen molar-refractivity contribution in [1.82, 2.24) is 0 Å². The lowest BCUT2D eigenvalue weighted by molar-refractivity contribution is -0.259. The Labute approximate surface area is 188 Å². The maximum Gasteiger partial charge on any atom is 0.338 e. The maximum atomic E-state index is 13.0. The molecule has 1 aromatic carbocycles. The lowest BCUT2D eigenvalue weighted by atomic mass is 9.94. The summed E-state index contributed by atoms with van der Waals surface area (Å²) in [7, 11) is 0. The molecule has 5 atom stereocenters. The Balaban J connectivity index is 1.22. The first-order valence-corrected chi connectivity index (χ1v) is 12.2. The van der Waals surface area contributed by atoms with E-state index in [-0.39, 0.29) is 12.1 Å². The number of benzene rings is 1. The Morgan fingerprint density at radius 3 is 2.22 bits per heavy atom. The van der Waals surface area contributed by atoms with Gasteiger partial charge in [0.2, 0.25) is 0 Å². The number of fused-ring (bicyclic) bond motifs is 1. The molecular formula is C25H32O7. The van der Waals surface area contributed by atoms with Gasteiger partial charge in [-0.1, -0.05) is 31.0 Å². The molecule has 3 aliphatic heterocycles. The van der Waals surface area contributed by atoms with Crippen LogP contribution < -0.4 is 0 Å². The zero-order valence-electron chi connectivity index (χ0n) is 18.4. The molecule has 0 radical (unpaired) electrons. The second-order valence-corrected chi connectivity index (χ2v) is 9.82. The van der Waals surface area contributed by atoms with E-state index in [2.05, 4.69) is 0 Å². The smallest absolute Gasteiger partial charge is 0.338 e. The standard InChI is InChI=1S/C25H32O7/c26-22(17-10-4-1-5-11-17)28-20-19(18-16-27-24(30-18)12-6-2-7-13-24)29-23-21(20)31-25(32-23)14-8-3-9-15-25/h1,4-5,10-11,18-21,23H,2-3,6-9,12-16H2/t18-,19+,20-,21+,23-/m0/s1. The van der Waals surface area contributed by atoms with Crippen LogP contribution in [0.25, 0.3) is 0 Å². The molecule has 174 valence electrons. The number of carbonyl (C=O) groups is 1. The molecule has 5 aliphatic rings. The van der Waals surface area contributed by atoms with E-state index in [1.54, 1.807) is 12.1 Å². The zero-order valence-corrected chi connectivity index (χ0v) is 18.4. The van der Waals surface area contributed by atoms with Crippen molar-refractivity contribution in [2.24, 2.45) is 0 Å². The maximum absolute atomic E-state index is 13.0. The fourth-order valence-corrected chi connectivity index (χ4v) is 5.97. The molecule has 0 bridgehead atoms. The van der Waals surface area contributed by atoms with Crippen LogP contribution in [-0.2, 0) is 28.4 Å². The highest BCUT2D eigenvalue weighted by Crippen LogP contribution is 2.48. The van der Waals surface area contributed by atoms with Gasteiger partial charge in [0, 0.05) is 25.7 Å². The predicted molar refractivity (Wildman–Crippen MR) is 113 cm³/mol. The molecule has 0 aromatic heterocycles. The molecule has 1 aromatic rings. The van der Waals surface area contributed by atoms with Gasteiger partial charge in [-0.05, 0) is 37.8 Å². The Morgan fingerprint density at radius 2 is 1.50 bits per heavy atom. The van der Waals surface area contributed by atoms with Crippen molar-refractivity contribution in [3.63, 3.8) is 0 Å². The van der Waals surface area contributed by atoms with Gasteiger partial charge in [0.05, 0.1) is 12.2 Å². The fourth-order valence-electron chi connectivity index (χ4n) is 5.97. The minimum absolute atomic E-state index is 0.318. The van der Waals surface area contributed by atoms with Gasteiger partial charge in [-0.3, -0.25) is 0 Å². The van der Waals surface area contributed by atoms with E-state index in [1.807, 2.05) is 18.2 Å². The van der Waals surface area contributed by atoms with E-state index in [0.717, 1.165) is 51.4 Å². The van der Waals surface area contributed by atoms with Gasteiger partial charge in [-0.2, -0.15) is 0 Å². The van der Waals surface area contributed by atoms with Gasteiger partial charge >= 0.3 is 5.97 Å². The minimum atomic E-state index is -0.617. The third-order valence-electron chi connectivity index (χ3n) is 7.62. The molecule has 7 heteroatoms. The fraction of sp³-hybridized carbons (Fsp3) is 0.720. The summed E-state index contributed by atoms with van der Waals surface area (Å²) in [5, 5.41) is 0. The summed E-state index contributed by atoms with van der Waals surface area (Å²) in [5.41, 5.74) is 0.508.